The Bertz CT molecular complexity index is 1040. The number of carbonyl (C=O) groups excluding carboxylic acids is 1. The third kappa shape index (κ3) is 4.93. The minimum Gasteiger partial charge on any atom is -0.398 e. The fourth-order valence-corrected chi connectivity index (χ4v) is 7.10. The van der Waals surface area contributed by atoms with Gasteiger partial charge in [-0.15, -0.1) is 0 Å². The Kier molecular flexibility index (Phi) is 7.08. The van der Waals surface area contributed by atoms with E-state index >= 15 is 0 Å². The van der Waals surface area contributed by atoms with Crippen molar-refractivity contribution in [2.45, 2.75) is 70.8 Å². The Balaban J connectivity index is 1.37. The lowest BCUT2D eigenvalue weighted by Gasteiger charge is -2.34. The highest BCUT2D eigenvalue weighted by atomic mass is 35.5. The Morgan fingerprint density at radius 1 is 1.21 bits per heavy atom. The molecule has 0 unspecified atom stereocenters. The first-order valence-corrected chi connectivity index (χ1v) is 14.1. The van der Waals surface area contributed by atoms with Gasteiger partial charge >= 0.3 is 0 Å². The number of amides is 1. The highest BCUT2D eigenvalue weighted by Gasteiger charge is 2.48. The molecule has 1 saturated carbocycles. The van der Waals surface area contributed by atoms with Crippen LogP contribution in [0.15, 0.2) is 17.1 Å². The summed E-state index contributed by atoms with van der Waals surface area (Å²) < 4.78 is 27.5. The van der Waals surface area contributed by atoms with Crippen molar-refractivity contribution in [2.24, 2.45) is 16.8 Å². The van der Waals surface area contributed by atoms with E-state index in [-0.39, 0.29) is 11.7 Å². The van der Waals surface area contributed by atoms with E-state index in [0.717, 1.165) is 35.7 Å². The summed E-state index contributed by atoms with van der Waals surface area (Å²) in [5.41, 5.74) is 7.22. The van der Waals surface area contributed by atoms with Crippen molar-refractivity contribution in [1.29, 1.82) is 0 Å². The van der Waals surface area contributed by atoms with Crippen molar-refractivity contribution in [3.05, 3.63) is 28.3 Å². The van der Waals surface area contributed by atoms with Crippen molar-refractivity contribution in [3.8, 4) is 0 Å². The van der Waals surface area contributed by atoms with Crippen LogP contribution in [0.3, 0.4) is 0 Å². The second-order valence-corrected chi connectivity index (χ2v) is 12.3. The Labute approximate surface area is 202 Å². The minimum atomic E-state index is -3.45. The van der Waals surface area contributed by atoms with Gasteiger partial charge in [-0.1, -0.05) is 31.0 Å². The topological polar surface area (TPSA) is 105 Å². The first-order valence-electron chi connectivity index (χ1n) is 12.1. The summed E-state index contributed by atoms with van der Waals surface area (Å²) >= 11 is 6.21. The van der Waals surface area contributed by atoms with E-state index in [4.69, 9.17) is 22.3 Å². The van der Waals surface area contributed by atoms with Crippen LogP contribution in [-0.4, -0.2) is 48.8 Å². The molecule has 9 heteroatoms. The lowest BCUT2D eigenvalue weighted by molar-refractivity contribution is -0.125. The summed E-state index contributed by atoms with van der Waals surface area (Å²) in [4.78, 5) is 17.8. The van der Waals surface area contributed by atoms with E-state index < -0.39 is 15.6 Å². The van der Waals surface area contributed by atoms with Gasteiger partial charge in [-0.05, 0) is 75.0 Å². The second-order valence-electron chi connectivity index (χ2n) is 9.83. The van der Waals surface area contributed by atoms with Gasteiger partial charge in [0.25, 0.3) is 5.91 Å². The van der Waals surface area contributed by atoms with E-state index in [1.807, 2.05) is 13.0 Å². The predicted octanol–water partition coefficient (Wildman–Crippen LogP) is 3.68. The molecule has 182 valence electrons. The number of nitrogen functional groups attached to an aromatic ring is 1. The monoisotopic (exact) mass is 494 g/mol. The molecule has 2 heterocycles. The van der Waals surface area contributed by atoms with Crippen LogP contribution in [0.5, 0.6) is 0 Å². The number of sulfonamides is 1. The number of carbonyl (C=O) groups is 1. The van der Waals surface area contributed by atoms with Crippen LogP contribution in [-0.2, 0) is 21.2 Å². The van der Waals surface area contributed by atoms with Gasteiger partial charge in [0.05, 0.1) is 16.5 Å². The third-order valence-corrected chi connectivity index (χ3v) is 10.3. The van der Waals surface area contributed by atoms with Crippen molar-refractivity contribution >= 4 is 39.1 Å². The lowest BCUT2D eigenvalue weighted by atomic mass is 9.80. The molecular formula is C24H35ClN4O3S. The molecule has 1 saturated heterocycles. The fourth-order valence-electron chi connectivity index (χ4n) is 5.44. The number of piperidine rings is 1. The second kappa shape index (κ2) is 9.55. The van der Waals surface area contributed by atoms with Crippen LogP contribution in [0, 0.1) is 18.8 Å². The number of halogens is 1. The van der Waals surface area contributed by atoms with Gasteiger partial charge in [0.1, 0.15) is 11.4 Å². The molecule has 2 fully saturated rings. The molecule has 0 bridgehead atoms. The van der Waals surface area contributed by atoms with Crippen LogP contribution in [0.1, 0.15) is 63.0 Å². The first-order chi connectivity index (χ1) is 15.6. The van der Waals surface area contributed by atoms with Gasteiger partial charge in [-0.3, -0.25) is 9.79 Å². The smallest absolute Gasteiger partial charge is 0.253 e. The fraction of sp³-hybridized carbons (Fsp3) is 0.667. The number of nitrogens with one attached hydrogen (secondary N) is 1. The molecule has 0 atom stereocenters. The summed E-state index contributed by atoms with van der Waals surface area (Å²) in [6.07, 6.45) is 6.97. The zero-order valence-electron chi connectivity index (χ0n) is 19.6. The van der Waals surface area contributed by atoms with Gasteiger partial charge in [0.2, 0.25) is 10.0 Å². The molecule has 0 radical (unpaired) electrons. The van der Waals surface area contributed by atoms with E-state index in [2.05, 4.69) is 12.2 Å². The Morgan fingerprint density at radius 3 is 2.52 bits per heavy atom. The average molecular weight is 495 g/mol. The molecule has 0 aromatic heterocycles. The van der Waals surface area contributed by atoms with Crippen LogP contribution < -0.4 is 11.1 Å². The number of anilines is 1. The normalized spacial score (nSPS) is 25.8. The number of hydrogen-bond donors (Lipinski definition) is 2. The number of benzene rings is 1. The molecule has 1 amide bonds. The molecule has 2 aliphatic heterocycles. The maximum atomic E-state index is 13.0. The van der Waals surface area contributed by atoms with Gasteiger partial charge in [-0.25, -0.2) is 12.7 Å². The zero-order valence-corrected chi connectivity index (χ0v) is 21.1. The summed E-state index contributed by atoms with van der Waals surface area (Å²) in [5.74, 6) is 1.89. The third-order valence-electron chi connectivity index (χ3n) is 7.91. The number of rotatable bonds is 6. The van der Waals surface area contributed by atoms with Gasteiger partial charge in [-0.2, -0.15) is 0 Å². The van der Waals surface area contributed by atoms with Crippen molar-refractivity contribution in [2.75, 3.05) is 24.6 Å². The number of aryl methyl sites for hydroxylation is 1. The molecule has 7 nitrogen and oxygen atoms in total. The summed E-state index contributed by atoms with van der Waals surface area (Å²) in [7, 11) is -3.45. The van der Waals surface area contributed by atoms with Crippen LogP contribution >= 0.6 is 11.6 Å². The van der Waals surface area contributed by atoms with Gasteiger partial charge in [0.15, 0.2) is 0 Å². The average Bonchev–Trinajstić information content (AvgIpc) is 3.12. The maximum Gasteiger partial charge on any atom is 0.253 e. The van der Waals surface area contributed by atoms with E-state index in [1.54, 1.807) is 6.07 Å². The molecular weight excluding hydrogens is 460 g/mol. The molecule has 3 aliphatic rings. The van der Waals surface area contributed by atoms with Crippen molar-refractivity contribution in [3.63, 3.8) is 0 Å². The number of nitrogens with two attached hydrogens (primary N) is 1. The molecule has 1 aromatic carbocycles. The van der Waals surface area contributed by atoms with Gasteiger partial charge in [0, 0.05) is 19.0 Å². The van der Waals surface area contributed by atoms with Gasteiger partial charge < -0.3 is 11.1 Å². The van der Waals surface area contributed by atoms with E-state index in [0.29, 0.717) is 49.0 Å². The van der Waals surface area contributed by atoms with Crippen molar-refractivity contribution in [1.82, 2.24) is 9.62 Å². The summed E-state index contributed by atoms with van der Waals surface area (Å²) in [5, 5.41) is 3.53. The molecule has 1 aromatic rings. The summed E-state index contributed by atoms with van der Waals surface area (Å²) in [6.45, 7) is 4.73. The molecule has 1 aliphatic carbocycles. The molecule has 1 spiro atoms. The highest BCUT2D eigenvalue weighted by Crippen LogP contribution is 2.36. The largest absolute Gasteiger partial charge is 0.398 e. The number of aliphatic imine (C=N–C) groups is 1. The highest BCUT2D eigenvalue weighted by molar-refractivity contribution is 7.89. The molecule has 3 N–H and O–H groups in total. The quantitative estimate of drug-likeness (QED) is 0.588. The maximum absolute atomic E-state index is 13.0. The molecule has 4 rings (SSSR count). The number of hydrogen-bond acceptors (Lipinski definition) is 5. The van der Waals surface area contributed by atoms with Crippen LogP contribution in [0.4, 0.5) is 5.69 Å². The Hall–Kier alpha value is -1.64. The number of nitrogens with zero attached hydrogens (tertiary/aromatic N) is 2. The Morgan fingerprint density at radius 2 is 1.88 bits per heavy atom. The molecule has 33 heavy (non-hydrogen) atoms. The minimum absolute atomic E-state index is 0.00245. The predicted molar refractivity (Wildman–Crippen MR) is 133 cm³/mol. The number of amidine groups is 1. The SMILES string of the molecule is CCC1CCC(C2=NC3(CCN(S(=O)(=O)CCc4ccc(N)c(Cl)c4C)CC3)C(=O)N2)CC1. The lowest BCUT2D eigenvalue weighted by Crippen LogP contribution is -2.51. The first kappa shape index (κ1) is 24.5. The van der Waals surface area contributed by atoms with Crippen LogP contribution in [0.25, 0.3) is 0 Å². The summed E-state index contributed by atoms with van der Waals surface area (Å²) in [6, 6.07) is 3.55. The van der Waals surface area contributed by atoms with E-state index in [1.165, 1.54) is 23.6 Å². The van der Waals surface area contributed by atoms with Crippen molar-refractivity contribution < 1.29 is 13.2 Å². The standard InChI is InChI=1S/C24H35ClN4O3S/c1-3-17-4-6-19(7-5-17)22-27-23(30)24(28-22)11-13-29(14-12-24)33(31,32)15-10-18-8-9-20(26)21(25)16(18)2/h8-9,17,19H,3-7,10-15,26H2,1-2H3,(H,27,28,30). The van der Waals surface area contributed by atoms with Crippen LogP contribution in [0.2, 0.25) is 5.02 Å². The zero-order chi connectivity index (χ0) is 23.8. The van der Waals surface area contributed by atoms with E-state index in [9.17, 15) is 13.2 Å².